The van der Waals surface area contributed by atoms with Crippen molar-refractivity contribution in [3.63, 3.8) is 0 Å². The number of rotatable bonds is 2. The first kappa shape index (κ1) is 24.1. The summed E-state index contributed by atoms with van der Waals surface area (Å²) in [5.74, 6) is -1.46. The average molecular weight is 622 g/mol. The normalized spacial score (nSPS) is 11.3. The molecule has 0 saturated heterocycles. The van der Waals surface area contributed by atoms with Crippen molar-refractivity contribution >= 4 is 0 Å². The summed E-state index contributed by atoms with van der Waals surface area (Å²) >= 11 is 0. The molecule has 4 heterocycles. The molecule has 0 bridgehead atoms. The molecule has 164 valence electrons. The van der Waals surface area contributed by atoms with E-state index >= 15 is 0 Å². The van der Waals surface area contributed by atoms with Gasteiger partial charge in [-0.2, -0.15) is 26.3 Å². The minimum atomic E-state index is -4.59. The molecule has 0 unspecified atom stereocenters. The average Bonchev–Trinajstić information content (AvgIpc) is 3.40. The van der Waals surface area contributed by atoms with E-state index < -0.39 is 23.9 Å². The molecule has 0 aromatic carbocycles. The second-order valence-corrected chi connectivity index (χ2v) is 5.25. The van der Waals surface area contributed by atoms with Crippen molar-refractivity contribution in [2.75, 3.05) is 0 Å². The Morgan fingerprint density at radius 1 is 0.710 bits per heavy atom. The Hall–Kier alpha value is -3.22. The van der Waals surface area contributed by atoms with E-state index in [4.69, 9.17) is 0 Å². The topological polar surface area (TPSA) is 118 Å². The van der Waals surface area contributed by atoms with Crippen LogP contribution in [0, 0.1) is 0 Å². The maximum absolute atomic E-state index is 12.2. The maximum Gasteiger partial charge on any atom is 2.00 e. The monoisotopic (exact) mass is 622 g/mol. The largest absolute Gasteiger partial charge is 2.00 e. The van der Waals surface area contributed by atoms with Crippen molar-refractivity contribution in [1.82, 2.24) is 45.3 Å². The van der Waals surface area contributed by atoms with E-state index in [-0.39, 0.29) is 44.0 Å². The van der Waals surface area contributed by atoms with Crippen LogP contribution < -0.4 is 10.2 Å². The Labute approximate surface area is 183 Å². The fraction of sp³-hybridized carbons (Fsp3) is 0.133. The van der Waals surface area contributed by atoms with Gasteiger partial charge in [-0.3, -0.25) is 25.0 Å². The predicted molar refractivity (Wildman–Crippen MR) is 85.0 cm³/mol. The Morgan fingerprint density at radius 3 is 1.77 bits per heavy atom. The van der Waals surface area contributed by atoms with Gasteiger partial charge in [0, 0.05) is 24.8 Å². The SMILES string of the molecule is FC(F)(F)c1cc(-c2cnccn2)[n-]n1.FC(F)(F)c1n[n-]c(-c2cnccn2)n1.[Pt+2]. The summed E-state index contributed by atoms with van der Waals surface area (Å²) in [7, 11) is 0. The van der Waals surface area contributed by atoms with Gasteiger partial charge in [0.25, 0.3) is 0 Å². The molecule has 0 aliphatic carbocycles. The Bertz CT molecular complexity index is 992. The zero-order chi connectivity index (χ0) is 21.8. The molecule has 0 radical (unpaired) electrons. The van der Waals surface area contributed by atoms with Crippen LogP contribution in [0.15, 0.2) is 43.2 Å². The first-order valence-corrected chi connectivity index (χ1v) is 7.69. The van der Waals surface area contributed by atoms with Crippen LogP contribution in [0.3, 0.4) is 0 Å². The van der Waals surface area contributed by atoms with Crippen molar-refractivity contribution in [3.05, 3.63) is 54.8 Å². The number of hydrogen-bond donors (Lipinski definition) is 0. The number of alkyl halides is 6. The van der Waals surface area contributed by atoms with Crippen LogP contribution in [0.4, 0.5) is 26.3 Å². The van der Waals surface area contributed by atoms with Crippen LogP contribution in [-0.4, -0.2) is 35.1 Å². The fourth-order valence-electron chi connectivity index (χ4n) is 1.87. The molecule has 4 aromatic rings. The molecule has 0 N–H and O–H groups in total. The molecular formula is C15H7F6N9Pt. The summed E-state index contributed by atoms with van der Waals surface area (Å²) in [5.41, 5.74) is -0.542. The molecule has 0 fully saturated rings. The van der Waals surface area contributed by atoms with Crippen molar-refractivity contribution in [2.45, 2.75) is 12.4 Å². The maximum atomic E-state index is 12.2. The van der Waals surface area contributed by atoms with Gasteiger partial charge >= 0.3 is 33.4 Å². The minimum absolute atomic E-state index is 0. The third-order valence-electron chi connectivity index (χ3n) is 3.15. The minimum Gasteiger partial charge on any atom is -0.573 e. The summed E-state index contributed by atoms with van der Waals surface area (Å²) in [5, 5.41) is 12.6. The van der Waals surface area contributed by atoms with Gasteiger partial charge in [-0.25, -0.2) is 0 Å². The van der Waals surface area contributed by atoms with E-state index in [1.807, 2.05) is 0 Å². The van der Waals surface area contributed by atoms with Crippen LogP contribution in [0.5, 0.6) is 0 Å². The number of nitrogens with zero attached hydrogens (tertiary/aromatic N) is 9. The van der Waals surface area contributed by atoms with Gasteiger partial charge < -0.3 is 20.3 Å². The number of halogens is 6. The molecule has 0 atom stereocenters. The van der Waals surface area contributed by atoms with Crippen LogP contribution in [0.25, 0.3) is 22.9 Å². The molecule has 0 amide bonds. The molecule has 0 aliphatic rings. The Balaban J connectivity index is 0.000000213. The molecule has 9 nitrogen and oxygen atoms in total. The van der Waals surface area contributed by atoms with E-state index in [0.717, 1.165) is 6.07 Å². The number of hydrogen-bond acceptors (Lipinski definition) is 7. The molecular weight excluding hydrogens is 615 g/mol. The summed E-state index contributed by atoms with van der Waals surface area (Å²) < 4.78 is 72.9. The third-order valence-corrected chi connectivity index (χ3v) is 3.15. The van der Waals surface area contributed by atoms with Gasteiger partial charge in [-0.15, -0.1) is 0 Å². The van der Waals surface area contributed by atoms with Crippen molar-refractivity contribution < 1.29 is 47.4 Å². The quantitative estimate of drug-likeness (QED) is 0.311. The summed E-state index contributed by atoms with van der Waals surface area (Å²) in [6, 6.07) is 0.837. The van der Waals surface area contributed by atoms with Crippen LogP contribution in [-0.2, 0) is 33.4 Å². The van der Waals surface area contributed by atoms with Gasteiger partial charge in [0.1, 0.15) is 11.5 Å². The van der Waals surface area contributed by atoms with Gasteiger partial charge in [-0.1, -0.05) is 5.69 Å². The van der Waals surface area contributed by atoms with Crippen LogP contribution >= 0.6 is 0 Å². The van der Waals surface area contributed by atoms with E-state index in [2.05, 4.69) is 45.3 Å². The fourth-order valence-corrected chi connectivity index (χ4v) is 1.87. The summed E-state index contributed by atoms with van der Waals surface area (Å²) in [6.45, 7) is 0. The first-order chi connectivity index (χ1) is 14.1. The zero-order valence-corrected chi connectivity index (χ0v) is 16.9. The summed E-state index contributed by atoms with van der Waals surface area (Å²) in [6.07, 6.45) is -0.965. The Kier molecular flexibility index (Phi) is 7.54. The van der Waals surface area contributed by atoms with Gasteiger partial charge in [-0.05, 0) is 11.9 Å². The number of aromatic nitrogens is 9. The smallest absolute Gasteiger partial charge is 0.573 e. The van der Waals surface area contributed by atoms with Crippen molar-refractivity contribution in [3.8, 4) is 22.9 Å². The zero-order valence-electron chi connectivity index (χ0n) is 14.7. The summed E-state index contributed by atoms with van der Waals surface area (Å²) in [4.78, 5) is 18.2. The van der Waals surface area contributed by atoms with Gasteiger partial charge in [0.15, 0.2) is 0 Å². The third kappa shape index (κ3) is 6.38. The van der Waals surface area contributed by atoms with E-state index in [1.165, 1.54) is 37.2 Å². The van der Waals surface area contributed by atoms with Crippen LogP contribution in [0.2, 0.25) is 0 Å². The first-order valence-electron chi connectivity index (χ1n) is 7.69. The molecule has 31 heavy (non-hydrogen) atoms. The van der Waals surface area contributed by atoms with Crippen molar-refractivity contribution in [2.24, 2.45) is 0 Å². The predicted octanol–water partition coefficient (Wildman–Crippen LogP) is 2.42. The van der Waals surface area contributed by atoms with E-state index in [0.29, 0.717) is 0 Å². The molecule has 0 spiro atoms. The molecule has 0 saturated carbocycles. The van der Waals surface area contributed by atoms with E-state index in [9.17, 15) is 26.3 Å². The van der Waals surface area contributed by atoms with Crippen molar-refractivity contribution in [1.29, 1.82) is 0 Å². The molecule has 0 aliphatic heterocycles. The standard InChI is InChI=1S/C8H4F3N4.C7H3F3N5.Pt/c9-8(10,11)7-3-5(14-15-7)6-4-12-1-2-13-6;8-7(9,10)6-13-5(14-15-6)4-3-11-1-2-12-4;/h1-4H;1-3H;/q2*-1;+2. The Morgan fingerprint density at radius 2 is 1.32 bits per heavy atom. The van der Waals surface area contributed by atoms with Crippen LogP contribution in [0.1, 0.15) is 11.5 Å². The van der Waals surface area contributed by atoms with Gasteiger partial charge in [0.05, 0.1) is 23.8 Å². The van der Waals surface area contributed by atoms with Gasteiger partial charge in [0.2, 0.25) is 0 Å². The molecule has 4 aromatic heterocycles. The molecule has 16 heteroatoms. The second-order valence-electron chi connectivity index (χ2n) is 5.25. The molecule has 4 rings (SSSR count). The second kappa shape index (κ2) is 9.72. The van der Waals surface area contributed by atoms with E-state index in [1.54, 1.807) is 0 Å².